The first-order valence-electron chi connectivity index (χ1n) is 14.8. The van der Waals surface area contributed by atoms with E-state index in [1.807, 2.05) is 0 Å². The van der Waals surface area contributed by atoms with Gasteiger partial charge in [0, 0.05) is 68.3 Å². The third-order valence-corrected chi connectivity index (χ3v) is 9.13. The lowest BCUT2D eigenvalue weighted by molar-refractivity contribution is -0.121. The summed E-state index contributed by atoms with van der Waals surface area (Å²) in [6.45, 7) is 4.65. The quantitative estimate of drug-likeness (QED) is 0.102. The minimum Gasteiger partial charge on any atom is -0.453 e. The number of nitrogens with zero attached hydrogens (tertiary/aromatic N) is 2. The Bertz CT molecular complexity index is 2080. The standard InChI is InChI=1S/C31H37N5O9S2/c1-4-33-23-14-12-21-26(19-9-6-7-10-20(19)31(38)36(3)18-8-11-25(37)35-17-16-32)22-13-15-24(34-5-2)30(47(42,43)44)28(22)45-27(21)29(23)46(39,40)41/h6-7,9-10,12-15,33H,4-5,8,11,16-18,32H2,1-3H3,(H,35,37)(H,39,40,41)(H,42,43,44)/b34-24+. The van der Waals surface area contributed by atoms with E-state index in [1.165, 1.54) is 29.2 Å². The summed E-state index contributed by atoms with van der Waals surface area (Å²) in [6.07, 6.45) is 0.536. The number of fused-ring (bicyclic) bond motifs is 2. The van der Waals surface area contributed by atoms with E-state index in [1.54, 1.807) is 45.2 Å². The zero-order valence-electron chi connectivity index (χ0n) is 26.1. The summed E-state index contributed by atoms with van der Waals surface area (Å²) in [5.74, 6) is -1.06. The number of nitrogens with two attached hydrogens (primary N) is 1. The lowest BCUT2D eigenvalue weighted by Crippen LogP contribution is -2.31. The highest BCUT2D eigenvalue weighted by Crippen LogP contribution is 2.46. The summed E-state index contributed by atoms with van der Waals surface area (Å²) in [7, 11) is -8.43. The second-order valence-electron chi connectivity index (χ2n) is 10.6. The van der Waals surface area contributed by atoms with E-state index < -0.39 is 47.3 Å². The molecule has 1 aliphatic heterocycles. The zero-order chi connectivity index (χ0) is 34.5. The van der Waals surface area contributed by atoms with Crippen LogP contribution in [0.2, 0.25) is 0 Å². The van der Waals surface area contributed by atoms with Crippen LogP contribution in [0.4, 0.5) is 5.69 Å². The highest BCUT2D eigenvalue weighted by molar-refractivity contribution is 7.86. The minimum absolute atomic E-state index is 0.0149. The van der Waals surface area contributed by atoms with E-state index in [-0.39, 0.29) is 70.6 Å². The molecule has 252 valence electrons. The molecule has 0 bridgehead atoms. The maximum Gasteiger partial charge on any atom is 0.300 e. The first-order chi connectivity index (χ1) is 22.2. The Kier molecular flexibility index (Phi) is 11.0. The van der Waals surface area contributed by atoms with E-state index >= 15 is 0 Å². The Balaban J connectivity index is 2.05. The lowest BCUT2D eigenvalue weighted by Gasteiger charge is -2.23. The predicted molar refractivity (Wildman–Crippen MR) is 176 cm³/mol. The molecule has 1 aliphatic carbocycles. The number of carbonyl (C=O) groups excluding carboxylic acids is 2. The molecule has 0 saturated heterocycles. The molecule has 0 radical (unpaired) electrons. The smallest absolute Gasteiger partial charge is 0.300 e. The van der Waals surface area contributed by atoms with Gasteiger partial charge in [-0.2, -0.15) is 16.8 Å². The molecule has 2 aliphatic rings. The first-order valence-corrected chi connectivity index (χ1v) is 17.7. The van der Waals surface area contributed by atoms with E-state index in [0.717, 1.165) is 0 Å². The monoisotopic (exact) mass is 687 g/mol. The Morgan fingerprint density at radius 2 is 1.66 bits per heavy atom. The van der Waals surface area contributed by atoms with Crippen LogP contribution in [-0.4, -0.2) is 82.4 Å². The van der Waals surface area contributed by atoms with E-state index in [0.29, 0.717) is 19.5 Å². The van der Waals surface area contributed by atoms with Crippen LogP contribution in [-0.2, 0) is 25.0 Å². The average Bonchev–Trinajstić information content (AvgIpc) is 3.01. The topological polar surface area (TPSA) is 222 Å². The van der Waals surface area contributed by atoms with Crippen molar-refractivity contribution in [1.29, 1.82) is 0 Å². The number of hydrogen-bond acceptors (Lipinski definition) is 10. The van der Waals surface area contributed by atoms with Crippen LogP contribution in [0.25, 0.3) is 33.4 Å². The molecule has 1 heterocycles. The van der Waals surface area contributed by atoms with E-state index in [4.69, 9.17) is 10.2 Å². The molecule has 4 rings (SSSR count). The number of rotatable bonds is 13. The second-order valence-corrected chi connectivity index (χ2v) is 13.3. The highest BCUT2D eigenvalue weighted by Gasteiger charge is 2.32. The zero-order valence-corrected chi connectivity index (χ0v) is 27.7. The molecule has 2 aromatic rings. The van der Waals surface area contributed by atoms with Gasteiger partial charge in [-0.3, -0.25) is 23.7 Å². The van der Waals surface area contributed by atoms with Crippen LogP contribution in [0.15, 0.2) is 67.7 Å². The van der Waals surface area contributed by atoms with Crippen molar-refractivity contribution in [2.45, 2.75) is 36.5 Å². The normalized spacial score (nSPS) is 12.4. The molecule has 0 aromatic heterocycles. The minimum atomic E-state index is -5.01. The van der Waals surface area contributed by atoms with Gasteiger partial charge in [-0.1, -0.05) is 18.2 Å². The van der Waals surface area contributed by atoms with Crippen LogP contribution in [0, 0.1) is 0 Å². The molecular formula is C31H37N5O9S2. The summed E-state index contributed by atoms with van der Waals surface area (Å²) in [4.78, 5) is 30.1. The molecule has 16 heteroatoms. The Labute approximate surface area is 272 Å². The molecule has 0 saturated carbocycles. The molecule has 0 fully saturated rings. The molecule has 6 N–H and O–H groups in total. The highest BCUT2D eigenvalue weighted by atomic mass is 32.2. The number of carbonyl (C=O) groups is 2. The maximum absolute atomic E-state index is 13.9. The number of hydrogen-bond donors (Lipinski definition) is 5. The maximum atomic E-state index is 13.9. The summed E-state index contributed by atoms with van der Waals surface area (Å²) in [6, 6.07) is 12.3. The summed E-state index contributed by atoms with van der Waals surface area (Å²) < 4.78 is 78.0. The van der Waals surface area contributed by atoms with E-state index in [9.17, 15) is 35.5 Å². The average molecular weight is 688 g/mol. The fraction of sp³-hybridized carbons (Fsp3) is 0.323. The number of nitrogens with one attached hydrogen (secondary N) is 2. The molecule has 0 atom stereocenters. The van der Waals surface area contributed by atoms with Crippen molar-refractivity contribution in [2.24, 2.45) is 10.7 Å². The van der Waals surface area contributed by atoms with Gasteiger partial charge in [0.1, 0.15) is 0 Å². The van der Waals surface area contributed by atoms with Gasteiger partial charge in [0.05, 0.1) is 11.0 Å². The molecule has 2 amide bonds. The molecular weight excluding hydrogens is 651 g/mol. The number of amides is 2. The van der Waals surface area contributed by atoms with Gasteiger partial charge >= 0.3 is 0 Å². The fourth-order valence-corrected chi connectivity index (χ4v) is 6.94. The third-order valence-electron chi connectivity index (χ3n) is 7.30. The summed E-state index contributed by atoms with van der Waals surface area (Å²) >= 11 is 0. The van der Waals surface area contributed by atoms with Crippen molar-refractivity contribution in [2.75, 3.05) is 45.1 Å². The van der Waals surface area contributed by atoms with Gasteiger partial charge in [-0.15, -0.1) is 0 Å². The van der Waals surface area contributed by atoms with Gasteiger partial charge in [-0.05, 0) is 56.2 Å². The van der Waals surface area contributed by atoms with Gasteiger partial charge in [0.25, 0.3) is 26.1 Å². The van der Waals surface area contributed by atoms with Crippen molar-refractivity contribution in [1.82, 2.24) is 10.2 Å². The van der Waals surface area contributed by atoms with Crippen molar-refractivity contribution in [3.63, 3.8) is 0 Å². The fourth-order valence-electron chi connectivity index (χ4n) is 5.35. The Hall–Kier alpha value is -4.35. The van der Waals surface area contributed by atoms with Crippen LogP contribution in [0.5, 0.6) is 0 Å². The van der Waals surface area contributed by atoms with Crippen molar-refractivity contribution >= 4 is 48.7 Å². The lowest BCUT2D eigenvalue weighted by atomic mass is 9.90. The molecule has 47 heavy (non-hydrogen) atoms. The molecule has 2 aromatic carbocycles. The summed E-state index contributed by atoms with van der Waals surface area (Å²) in [5.41, 5.74) is 5.79. The van der Waals surface area contributed by atoms with Crippen LogP contribution in [0.3, 0.4) is 0 Å². The summed E-state index contributed by atoms with van der Waals surface area (Å²) in [5, 5.41) is 5.54. The van der Waals surface area contributed by atoms with Crippen molar-refractivity contribution in [3.05, 3.63) is 59.5 Å². The van der Waals surface area contributed by atoms with Crippen LogP contribution in [0.1, 0.15) is 37.0 Å². The van der Waals surface area contributed by atoms with Gasteiger partial charge in [-0.25, -0.2) is 0 Å². The van der Waals surface area contributed by atoms with Crippen LogP contribution >= 0.6 is 0 Å². The van der Waals surface area contributed by atoms with Gasteiger partial charge in [0.15, 0.2) is 21.1 Å². The van der Waals surface area contributed by atoms with Gasteiger partial charge in [0.2, 0.25) is 5.91 Å². The predicted octanol–water partition coefficient (Wildman–Crippen LogP) is 2.98. The Morgan fingerprint density at radius 1 is 0.957 bits per heavy atom. The van der Waals surface area contributed by atoms with Crippen LogP contribution < -0.4 is 21.7 Å². The molecule has 0 spiro atoms. The van der Waals surface area contributed by atoms with Gasteiger partial charge < -0.3 is 25.7 Å². The SMILES string of the molecule is CC/N=c1\ccc2c(-c3ccccc3C(=O)N(C)CCCC(=O)NCCN)c3ccc(NCC)c(S(=O)(=O)O)c3oc-2c1S(=O)(=O)O. The van der Waals surface area contributed by atoms with Crippen molar-refractivity contribution < 1.29 is 39.9 Å². The largest absolute Gasteiger partial charge is 0.453 e. The second kappa shape index (κ2) is 14.6. The number of anilines is 1. The molecule has 14 nitrogen and oxygen atoms in total. The third kappa shape index (κ3) is 7.63. The molecule has 0 unspecified atom stereocenters. The number of benzene rings is 3. The Morgan fingerprint density at radius 3 is 2.30 bits per heavy atom. The first kappa shape index (κ1) is 35.5. The van der Waals surface area contributed by atoms with Crippen molar-refractivity contribution in [3.8, 4) is 22.5 Å². The van der Waals surface area contributed by atoms with E-state index in [2.05, 4.69) is 15.6 Å².